The number of nitrogens with zero attached hydrogens (tertiary/aromatic N) is 1. The van der Waals surface area contributed by atoms with E-state index in [1.165, 1.54) is 12.8 Å². The lowest BCUT2D eigenvalue weighted by Crippen LogP contribution is -2.30. The Balaban J connectivity index is 1.39. The van der Waals surface area contributed by atoms with E-state index in [-0.39, 0.29) is 12.0 Å². The summed E-state index contributed by atoms with van der Waals surface area (Å²) in [6.45, 7) is 2.36. The smallest absolute Gasteiger partial charge is 0.253 e. The van der Waals surface area contributed by atoms with E-state index in [1.54, 1.807) is 7.11 Å². The number of methoxy groups -OCH3 is 1. The molecule has 2 fully saturated rings. The first-order valence-electron chi connectivity index (χ1n) is 9.38. The summed E-state index contributed by atoms with van der Waals surface area (Å²) < 4.78 is 11.2. The van der Waals surface area contributed by atoms with Crippen molar-refractivity contribution < 1.29 is 14.3 Å². The second-order valence-electron chi connectivity index (χ2n) is 7.25. The Morgan fingerprint density at radius 2 is 1.88 bits per heavy atom. The second kappa shape index (κ2) is 7.50. The van der Waals surface area contributed by atoms with E-state index in [2.05, 4.69) is 0 Å². The molecule has 0 radical (unpaired) electrons. The Bertz CT molecular complexity index is 767. The quantitative estimate of drug-likeness (QED) is 0.789. The topological polar surface area (TPSA) is 38.8 Å². The minimum Gasteiger partial charge on any atom is -0.497 e. The molecule has 1 aliphatic heterocycles. The first-order valence-corrected chi connectivity index (χ1v) is 9.38. The Morgan fingerprint density at radius 3 is 2.62 bits per heavy atom. The Hall–Kier alpha value is -2.33. The summed E-state index contributed by atoms with van der Waals surface area (Å²) in [5, 5.41) is 0. The third-order valence-corrected chi connectivity index (χ3v) is 5.23. The lowest BCUT2D eigenvalue weighted by atomic mass is 10.0. The van der Waals surface area contributed by atoms with Gasteiger partial charge in [0, 0.05) is 25.3 Å². The molecule has 2 aliphatic rings. The number of likely N-dealkylation sites (tertiary alicyclic amines) is 1. The molecule has 0 unspecified atom stereocenters. The van der Waals surface area contributed by atoms with Crippen LogP contribution in [0.15, 0.2) is 48.5 Å². The van der Waals surface area contributed by atoms with Crippen molar-refractivity contribution in [3.05, 3.63) is 54.1 Å². The van der Waals surface area contributed by atoms with Crippen molar-refractivity contribution in [3.8, 4) is 16.9 Å². The van der Waals surface area contributed by atoms with Gasteiger partial charge in [0.15, 0.2) is 0 Å². The zero-order chi connectivity index (χ0) is 17.9. The Morgan fingerprint density at radius 1 is 1.08 bits per heavy atom. The highest BCUT2D eigenvalue weighted by molar-refractivity contribution is 5.95. The van der Waals surface area contributed by atoms with Gasteiger partial charge in [-0.15, -0.1) is 0 Å². The minimum atomic E-state index is 0.0970. The zero-order valence-corrected chi connectivity index (χ0v) is 15.2. The van der Waals surface area contributed by atoms with Crippen LogP contribution in [0.2, 0.25) is 0 Å². The van der Waals surface area contributed by atoms with Gasteiger partial charge in [0.2, 0.25) is 0 Å². The van der Waals surface area contributed by atoms with E-state index in [0.717, 1.165) is 47.9 Å². The van der Waals surface area contributed by atoms with Crippen LogP contribution in [0, 0.1) is 5.92 Å². The van der Waals surface area contributed by atoms with E-state index in [9.17, 15) is 4.79 Å². The van der Waals surface area contributed by atoms with Crippen molar-refractivity contribution in [1.29, 1.82) is 0 Å². The molecule has 0 spiro atoms. The van der Waals surface area contributed by atoms with Crippen LogP contribution < -0.4 is 4.74 Å². The van der Waals surface area contributed by atoms with Crippen LogP contribution in [0.4, 0.5) is 0 Å². The van der Waals surface area contributed by atoms with Gasteiger partial charge in [0.1, 0.15) is 5.75 Å². The molecule has 1 heterocycles. The molecule has 2 aromatic carbocycles. The SMILES string of the molecule is COc1cccc(-c2ccc(C(=O)N3CC[C@H](OCC4CC4)C3)cc2)c1. The molecule has 0 bridgehead atoms. The van der Waals surface area contributed by atoms with E-state index in [4.69, 9.17) is 9.47 Å². The Kier molecular flexibility index (Phi) is 4.93. The van der Waals surface area contributed by atoms with Crippen LogP contribution in [0.1, 0.15) is 29.6 Å². The molecule has 1 aliphatic carbocycles. The van der Waals surface area contributed by atoms with Crippen LogP contribution in [0.3, 0.4) is 0 Å². The molecule has 1 saturated heterocycles. The fourth-order valence-corrected chi connectivity index (χ4v) is 3.40. The maximum absolute atomic E-state index is 12.7. The second-order valence-corrected chi connectivity index (χ2v) is 7.25. The van der Waals surface area contributed by atoms with Crippen LogP contribution in [-0.2, 0) is 4.74 Å². The van der Waals surface area contributed by atoms with E-state index in [1.807, 2.05) is 53.4 Å². The molecule has 2 aromatic rings. The summed E-state index contributed by atoms with van der Waals surface area (Å²) in [6, 6.07) is 15.8. The number of ether oxygens (including phenoxy) is 2. The Labute approximate surface area is 154 Å². The van der Waals surface area contributed by atoms with Crippen molar-refractivity contribution in [2.75, 3.05) is 26.8 Å². The van der Waals surface area contributed by atoms with Crippen molar-refractivity contribution in [2.24, 2.45) is 5.92 Å². The number of rotatable bonds is 6. The molecule has 4 rings (SSSR count). The maximum Gasteiger partial charge on any atom is 0.253 e. The van der Waals surface area contributed by atoms with Gasteiger partial charge in [-0.1, -0.05) is 24.3 Å². The predicted octanol–water partition coefficient (Wildman–Crippen LogP) is 4.00. The van der Waals surface area contributed by atoms with Crippen LogP contribution in [0.5, 0.6) is 5.75 Å². The first-order chi connectivity index (χ1) is 12.7. The summed E-state index contributed by atoms with van der Waals surface area (Å²) in [6.07, 6.45) is 3.75. The van der Waals surface area contributed by atoms with Crippen molar-refractivity contribution in [2.45, 2.75) is 25.4 Å². The molecule has 26 heavy (non-hydrogen) atoms. The summed E-state index contributed by atoms with van der Waals surface area (Å²) in [4.78, 5) is 14.7. The molecule has 136 valence electrons. The molecular formula is C22H25NO3. The van der Waals surface area contributed by atoms with Gasteiger partial charge < -0.3 is 14.4 Å². The van der Waals surface area contributed by atoms with Gasteiger partial charge in [-0.25, -0.2) is 0 Å². The van der Waals surface area contributed by atoms with Gasteiger partial charge in [-0.2, -0.15) is 0 Å². The van der Waals surface area contributed by atoms with E-state index < -0.39 is 0 Å². The number of amides is 1. The number of carbonyl (C=O) groups is 1. The van der Waals surface area contributed by atoms with Crippen molar-refractivity contribution >= 4 is 5.91 Å². The molecule has 1 amide bonds. The van der Waals surface area contributed by atoms with Crippen molar-refractivity contribution in [1.82, 2.24) is 4.90 Å². The molecule has 0 aromatic heterocycles. The average molecular weight is 351 g/mol. The lowest BCUT2D eigenvalue weighted by molar-refractivity contribution is 0.0480. The number of benzene rings is 2. The van der Waals surface area contributed by atoms with Gasteiger partial charge in [-0.05, 0) is 60.6 Å². The largest absolute Gasteiger partial charge is 0.497 e. The third-order valence-electron chi connectivity index (χ3n) is 5.23. The standard InChI is InChI=1S/C22H25NO3/c1-25-20-4-2-3-19(13-20)17-7-9-18(10-8-17)22(24)23-12-11-21(14-23)26-15-16-5-6-16/h2-4,7-10,13,16,21H,5-6,11-12,14-15H2,1H3/t21-/m0/s1. The highest BCUT2D eigenvalue weighted by Gasteiger charge is 2.29. The monoisotopic (exact) mass is 351 g/mol. The van der Waals surface area contributed by atoms with Gasteiger partial charge in [0.05, 0.1) is 13.2 Å². The number of carbonyl (C=O) groups excluding carboxylic acids is 1. The highest BCUT2D eigenvalue weighted by atomic mass is 16.5. The van der Waals surface area contributed by atoms with Gasteiger partial charge in [-0.3, -0.25) is 4.79 Å². The molecule has 4 heteroatoms. The van der Waals surface area contributed by atoms with Gasteiger partial charge >= 0.3 is 0 Å². The fraction of sp³-hybridized carbons (Fsp3) is 0.409. The molecule has 0 N–H and O–H groups in total. The zero-order valence-electron chi connectivity index (χ0n) is 15.2. The first kappa shape index (κ1) is 17.1. The maximum atomic E-state index is 12.7. The lowest BCUT2D eigenvalue weighted by Gasteiger charge is -2.17. The molecular weight excluding hydrogens is 326 g/mol. The average Bonchev–Trinajstić information content (AvgIpc) is 3.41. The van der Waals surface area contributed by atoms with Crippen molar-refractivity contribution in [3.63, 3.8) is 0 Å². The third kappa shape index (κ3) is 3.91. The molecule has 4 nitrogen and oxygen atoms in total. The number of hydrogen-bond acceptors (Lipinski definition) is 3. The highest BCUT2D eigenvalue weighted by Crippen LogP contribution is 2.30. The van der Waals surface area contributed by atoms with Crippen LogP contribution in [-0.4, -0.2) is 43.7 Å². The predicted molar refractivity (Wildman–Crippen MR) is 101 cm³/mol. The van der Waals surface area contributed by atoms with E-state index >= 15 is 0 Å². The summed E-state index contributed by atoms with van der Waals surface area (Å²) in [5.74, 6) is 1.69. The normalized spacial score (nSPS) is 19.6. The molecule has 1 atom stereocenters. The minimum absolute atomic E-state index is 0.0970. The molecule has 1 saturated carbocycles. The summed E-state index contributed by atoms with van der Waals surface area (Å²) in [7, 11) is 1.67. The summed E-state index contributed by atoms with van der Waals surface area (Å²) in [5.41, 5.74) is 2.89. The van der Waals surface area contributed by atoms with Crippen LogP contribution in [0.25, 0.3) is 11.1 Å². The van der Waals surface area contributed by atoms with Crippen LogP contribution >= 0.6 is 0 Å². The van der Waals surface area contributed by atoms with E-state index in [0.29, 0.717) is 6.54 Å². The summed E-state index contributed by atoms with van der Waals surface area (Å²) >= 11 is 0. The van der Waals surface area contributed by atoms with Gasteiger partial charge in [0.25, 0.3) is 5.91 Å². The fourth-order valence-electron chi connectivity index (χ4n) is 3.40. The number of hydrogen-bond donors (Lipinski definition) is 0.